The Morgan fingerprint density at radius 2 is 1.88 bits per heavy atom. The van der Waals surface area contributed by atoms with E-state index in [1.54, 1.807) is 18.3 Å². The molecule has 0 aliphatic heterocycles. The second-order valence-corrected chi connectivity index (χ2v) is 5.86. The Hall–Kier alpha value is -3.22. The van der Waals surface area contributed by atoms with Crippen molar-refractivity contribution < 1.29 is 19.5 Å². The van der Waals surface area contributed by atoms with Gasteiger partial charge in [0, 0.05) is 32.4 Å². The van der Waals surface area contributed by atoms with Crippen molar-refractivity contribution in [3.63, 3.8) is 0 Å². The molecule has 1 unspecified atom stereocenters. The van der Waals surface area contributed by atoms with Gasteiger partial charge in [-0.05, 0) is 17.7 Å². The van der Waals surface area contributed by atoms with Crippen molar-refractivity contribution >= 4 is 17.8 Å². The number of hydrogen-bond acceptors (Lipinski definition) is 4. The molecule has 26 heavy (non-hydrogen) atoms. The molecule has 2 amide bonds. The van der Waals surface area contributed by atoms with Crippen LogP contribution < -0.4 is 5.32 Å². The smallest absolute Gasteiger partial charge is 0.305 e. The molecular formula is C19H21N3O4. The highest BCUT2D eigenvalue weighted by Gasteiger charge is 2.25. The molecule has 0 bridgehead atoms. The Labute approximate surface area is 151 Å². The van der Waals surface area contributed by atoms with E-state index in [1.807, 2.05) is 30.3 Å². The predicted octanol–water partition coefficient (Wildman–Crippen LogP) is 1.36. The number of carboxylic acids is 1. The van der Waals surface area contributed by atoms with Crippen LogP contribution in [0.1, 0.15) is 22.3 Å². The molecule has 0 saturated carbocycles. The summed E-state index contributed by atoms with van der Waals surface area (Å²) in [7, 11) is 1.53. The first kappa shape index (κ1) is 19.1. The second-order valence-electron chi connectivity index (χ2n) is 5.86. The van der Waals surface area contributed by atoms with Crippen LogP contribution in [0.25, 0.3) is 0 Å². The SMILES string of the molecule is CN(CCC(=O)O)C(=O)C(Cc1ccccc1)NC(=O)c1cccnc1. The molecule has 7 heteroatoms. The lowest BCUT2D eigenvalue weighted by Crippen LogP contribution is -2.49. The maximum Gasteiger partial charge on any atom is 0.305 e. The Bertz CT molecular complexity index is 750. The first-order valence-corrected chi connectivity index (χ1v) is 8.19. The monoisotopic (exact) mass is 355 g/mol. The molecule has 0 aliphatic carbocycles. The van der Waals surface area contributed by atoms with Crippen molar-refractivity contribution in [1.29, 1.82) is 0 Å². The molecule has 0 saturated heterocycles. The number of nitrogens with zero attached hydrogens (tertiary/aromatic N) is 2. The highest BCUT2D eigenvalue weighted by atomic mass is 16.4. The quantitative estimate of drug-likeness (QED) is 0.745. The van der Waals surface area contributed by atoms with Crippen LogP contribution >= 0.6 is 0 Å². The Morgan fingerprint density at radius 3 is 2.50 bits per heavy atom. The highest BCUT2D eigenvalue weighted by Crippen LogP contribution is 2.07. The van der Waals surface area contributed by atoms with Crippen LogP contribution in [0.4, 0.5) is 0 Å². The van der Waals surface area contributed by atoms with Gasteiger partial charge in [0.15, 0.2) is 0 Å². The van der Waals surface area contributed by atoms with Gasteiger partial charge in [0.05, 0.1) is 12.0 Å². The fourth-order valence-corrected chi connectivity index (χ4v) is 2.43. The van der Waals surface area contributed by atoms with Crippen molar-refractivity contribution in [2.75, 3.05) is 13.6 Å². The van der Waals surface area contributed by atoms with Crippen LogP contribution in [0.5, 0.6) is 0 Å². The van der Waals surface area contributed by atoms with E-state index in [1.165, 1.54) is 18.1 Å². The Balaban J connectivity index is 2.14. The fourth-order valence-electron chi connectivity index (χ4n) is 2.43. The van der Waals surface area contributed by atoms with E-state index in [2.05, 4.69) is 10.3 Å². The summed E-state index contributed by atoms with van der Waals surface area (Å²) in [6.45, 7) is 0.0716. The summed E-state index contributed by atoms with van der Waals surface area (Å²) < 4.78 is 0. The lowest BCUT2D eigenvalue weighted by molar-refractivity contribution is -0.138. The number of pyridine rings is 1. The summed E-state index contributed by atoms with van der Waals surface area (Å²) in [5, 5.41) is 11.5. The van der Waals surface area contributed by atoms with Crippen molar-refractivity contribution in [3.8, 4) is 0 Å². The van der Waals surface area contributed by atoms with Gasteiger partial charge in [-0.3, -0.25) is 19.4 Å². The Kier molecular flexibility index (Phi) is 6.84. The molecule has 1 aromatic heterocycles. The lowest BCUT2D eigenvalue weighted by Gasteiger charge is -2.24. The molecule has 1 atom stereocenters. The maximum absolute atomic E-state index is 12.7. The summed E-state index contributed by atoms with van der Waals surface area (Å²) in [5.41, 5.74) is 1.25. The van der Waals surface area contributed by atoms with Crippen LogP contribution in [0, 0.1) is 0 Å². The van der Waals surface area contributed by atoms with Crippen molar-refractivity contribution in [2.24, 2.45) is 0 Å². The van der Waals surface area contributed by atoms with Crippen molar-refractivity contribution in [1.82, 2.24) is 15.2 Å². The van der Waals surface area contributed by atoms with E-state index < -0.39 is 17.9 Å². The molecular weight excluding hydrogens is 334 g/mol. The minimum atomic E-state index is -0.983. The molecule has 2 N–H and O–H groups in total. The number of carbonyl (C=O) groups is 3. The van der Waals surface area contributed by atoms with Gasteiger partial charge in [-0.25, -0.2) is 0 Å². The zero-order chi connectivity index (χ0) is 18.9. The molecule has 2 aromatic rings. The number of hydrogen-bond donors (Lipinski definition) is 2. The minimum absolute atomic E-state index is 0.0716. The van der Waals surface area contributed by atoms with Gasteiger partial charge in [0.2, 0.25) is 5.91 Å². The summed E-state index contributed by atoms with van der Waals surface area (Å²) in [5.74, 6) is -1.73. The third-order valence-corrected chi connectivity index (χ3v) is 3.85. The van der Waals surface area contributed by atoms with Crippen molar-refractivity contribution in [2.45, 2.75) is 18.9 Å². The molecule has 0 spiro atoms. The number of nitrogens with one attached hydrogen (secondary N) is 1. The molecule has 136 valence electrons. The number of benzene rings is 1. The number of amides is 2. The van der Waals surface area contributed by atoms with Gasteiger partial charge in [-0.15, -0.1) is 0 Å². The molecule has 1 aromatic carbocycles. The molecule has 0 aliphatic rings. The van der Waals surface area contributed by atoms with E-state index in [0.717, 1.165) is 5.56 Å². The van der Waals surface area contributed by atoms with E-state index >= 15 is 0 Å². The van der Waals surface area contributed by atoms with Gasteiger partial charge >= 0.3 is 5.97 Å². The molecule has 0 radical (unpaired) electrons. The second kappa shape index (κ2) is 9.31. The highest BCUT2D eigenvalue weighted by molar-refractivity contribution is 5.97. The van der Waals surface area contributed by atoms with Crippen LogP contribution in [0.15, 0.2) is 54.9 Å². The maximum atomic E-state index is 12.7. The molecule has 1 heterocycles. The zero-order valence-corrected chi connectivity index (χ0v) is 14.5. The van der Waals surface area contributed by atoms with Crippen LogP contribution in [-0.2, 0) is 16.0 Å². The topological polar surface area (TPSA) is 99.6 Å². The third-order valence-electron chi connectivity index (χ3n) is 3.85. The fraction of sp³-hybridized carbons (Fsp3) is 0.263. The van der Waals surface area contributed by atoms with Gasteiger partial charge in [-0.1, -0.05) is 30.3 Å². The van der Waals surface area contributed by atoms with E-state index in [4.69, 9.17) is 5.11 Å². The van der Waals surface area contributed by atoms with Gasteiger partial charge in [0.25, 0.3) is 5.91 Å². The first-order chi connectivity index (χ1) is 12.5. The number of aliphatic carboxylic acids is 1. The van der Waals surface area contributed by atoms with Gasteiger partial charge in [0.1, 0.15) is 6.04 Å². The van der Waals surface area contributed by atoms with E-state index in [-0.39, 0.29) is 18.9 Å². The third kappa shape index (κ3) is 5.70. The lowest BCUT2D eigenvalue weighted by atomic mass is 10.0. The number of aromatic nitrogens is 1. The summed E-state index contributed by atoms with van der Waals surface area (Å²) in [4.78, 5) is 41.1. The molecule has 2 rings (SSSR count). The average Bonchev–Trinajstić information content (AvgIpc) is 2.66. The largest absolute Gasteiger partial charge is 0.481 e. The molecule has 7 nitrogen and oxygen atoms in total. The van der Waals surface area contributed by atoms with Gasteiger partial charge < -0.3 is 15.3 Å². The number of likely N-dealkylation sites (N-methyl/N-ethyl adjacent to an activating group) is 1. The van der Waals surface area contributed by atoms with Crippen LogP contribution in [0.3, 0.4) is 0 Å². The van der Waals surface area contributed by atoms with E-state index in [9.17, 15) is 14.4 Å². The normalized spacial score (nSPS) is 11.4. The summed E-state index contributed by atoms with van der Waals surface area (Å²) in [6.07, 6.45) is 3.14. The van der Waals surface area contributed by atoms with Gasteiger partial charge in [-0.2, -0.15) is 0 Å². The molecule has 0 fully saturated rings. The van der Waals surface area contributed by atoms with Crippen molar-refractivity contribution in [3.05, 3.63) is 66.0 Å². The van der Waals surface area contributed by atoms with Crippen LogP contribution in [-0.4, -0.2) is 52.4 Å². The minimum Gasteiger partial charge on any atom is -0.481 e. The number of carboxylic acid groups (broad SMARTS) is 1. The number of carbonyl (C=O) groups excluding carboxylic acids is 2. The predicted molar refractivity (Wildman–Crippen MR) is 95.5 cm³/mol. The first-order valence-electron chi connectivity index (χ1n) is 8.19. The summed E-state index contributed by atoms with van der Waals surface area (Å²) >= 11 is 0. The number of rotatable bonds is 8. The zero-order valence-electron chi connectivity index (χ0n) is 14.5. The standard InChI is InChI=1S/C19H21N3O4/c1-22(11-9-17(23)24)19(26)16(12-14-6-3-2-4-7-14)21-18(25)15-8-5-10-20-13-15/h2-8,10,13,16H,9,11-12H2,1H3,(H,21,25)(H,23,24). The Morgan fingerprint density at radius 1 is 1.15 bits per heavy atom. The average molecular weight is 355 g/mol. The van der Waals surface area contributed by atoms with E-state index in [0.29, 0.717) is 12.0 Å². The van der Waals surface area contributed by atoms with Crippen LogP contribution in [0.2, 0.25) is 0 Å². The summed E-state index contributed by atoms with van der Waals surface area (Å²) in [6, 6.07) is 11.8.